The minimum absolute atomic E-state index is 0.347. The van der Waals surface area contributed by atoms with E-state index in [-0.39, 0.29) is 0 Å². The van der Waals surface area contributed by atoms with E-state index in [1.165, 1.54) is 0 Å². The first kappa shape index (κ1) is 7.84. The third-order valence-electron chi connectivity index (χ3n) is 3.07. The summed E-state index contributed by atoms with van der Waals surface area (Å²) in [6.45, 7) is 0. The van der Waals surface area contributed by atoms with Crippen molar-refractivity contribution in [2.75, 3.05) is 7.05 Å². The quantitative estimate of drug-likeness (QED) is 0.394. The van der Waals surface area contributed by atoms with Crippen molar-refractivity contribution in [3.8, 4) is 0 Å². The number of carbonyl (C=O) groups is 1. The Kier molecular flexibility index (Phi) is 1.91. The number of fused-ring (bicyclic) bond motifs is 1. The largest absolute Gasteiger partial charge is 0.342 e. The normalized spacial score (nSPS) is 35.1. The second kappa shape index (κ2) is 2.92. The van der Waals surface area contributed by atoms with Crippen LogP contribution in [0.1, 0.15) is 25.7 Å². The molecule has 0 aromatic carbocycles. The Labute approximate surface area is 73.2 Å². The highest BCUT2D eigenvalue weighted by atomic mass is 16.2. The van der Waals surface area contributed by atoms with Gasteiger partial charge in [0.1, 0.15) is 0 Å². The van der Waals surface area contributed by atoms with Crippen molar-refractivity contribution in [1.29, 1.82) is 0 Å². The third kappa shape index (κ3) is 1.06. The van der Waals surface area contributed by atoms with Crippen LogP contribution in [0.3, 0.4) is 0 Å². The molecule has 66 valence electrons. The van der Waals surface area contributed by atoms with Gasteiger partial charge in [-0.1, -0.05) is 12.2 Å². The van der Waals surface area contributed by atoms with Crippen molar-refractivity contribution in [2.45, 2.75) is 31.7 Å². The van der Waals surface area contributed by atoms with Crippen LogP contribution in [0.5, 0.6) is 0 Å². The number of β-lactam (4-membered cyclic amide) rings is 1. The molecule has 0 radical (unpaired) electrons. The Morgan fingerprint density at radius 3 is 2.75 bits per heavy atom. The fourth-order valence-electron chi connectivity index (χ4n) is 2.27. The van der Waals surface area contributed by atoms with Crippen LogP contribution < -0.4 is 0 Å². The van der Waals surface area contributed by atoms with E-state index in [4.69, 9.17) is 0 Å². The number of amides is 1. The summed E-state index contributed by atoms with van der Waals surface area (Å²) in [5.41, 5.74) is 0. The maximum atomic E-state index is 11.4. The van der Waals surface area contributed by atoms with Crippen molar-refractivity contribution in [1.82, 2.24) is 4.90 Å². The molecule has 2 heteroatoms. The average molecular weight is 165 g/mol. The molecular weight excluding hydrogens is 150 g/mol. The highest BCUT2D eigenvalue weighted by Gasteiger charge is 2.43. The van der Waals surface area contributed by atoms with Crippen LogP contribution in [0.4, 0.5) is 0 Å². The molecule has 0 unspecified atom stereocenters. The van der Waals surface area contributed by atoms with Gasteiger partial charge in [0.2, 0.25) is 5.91 Å². The zero-order valence-corrected chi connectivity index (χ0v) is 7.49. The molecule has 2 rings (SSSR count). The Morgan fingerprint density at radius 1 is 1.33 bits per heavy atom. The van der Waals surface area contributed by atoms with Gasteiger partial charge in [-0.05, 0) is 25.7 Å². The smallest absolute Gasteiger partial charge is 0.227 e. The Hall–Kier alpha value is -0.790. The van der Waals surface area contributed by atoms with Crippen molar-refractivity contribution >= 4 is 5.91 Å². The van der Waals surface area contributed by atoms with Gasteiger partial charge in [-0.2, -0.15) is 0 Å². The molecule has 2 nitrogen and oxygen atoms in total. The summed E-state index contributed by atoms with van der Waals surface area (Å²) in [6.07, 6.45) is 8.89. The number of hydrogen-bond acceptors (Lipinski definition) is 1. The predicted molar refractivity (Wildman–Crippen MR) is 47.7 cm³/mol. The Balaban J connectivity index is 2.05. The van der Waals surface area contributed by atoms with E-state index in [0.717, 1.165) is 25.7 Å². The number of likely N-dealkylation sites (tertiary alicyclic amines) is 1. The summed E-state index contributed by atoms with van der Waals surface area (Å²) in [7, 11) is 1.93. The van der Waals surface area contributed by atoms with Gasteiger partial charge in [0.05, 0.1) is 5.92 Å². The topological polar surface area (TPSA) is 20.3 Å². The number of allylic oxidation sites excluding steroid dienone is 2. The van der Waals surface area contributed by atoms with Crippen LogP contribution >= 0.6 is 0 Å². The summed E-state index contributed by atoms with van der Waals surface area (Å²) in [4.78, 5) is 13.3. The number of hydrogen-bond donors (Lipinski definition) is 0. The Bertz CT molecular complexity index is 222. The lowest BCUT2D eigenvalue weighted by atomic mass is 9.80. The van der Waals surface area contributed by atoms with Crippen molar-refractivity contribution in [3.05, 3.63) is 12.2 Å². The first-order valence-electron chi connectivity index (χ1n) is 4.72. The van der Waals surface area contributed by atoms with Crippen LogP contribution in [-0.4, -0.2) is 23.9 Å². The SMILES string of the molecule is CN1C(=O)[C@@H]2CCC=CCC[C@@H]21. The van der Waals surface area contributed by atoms with E-state index in [9.17, 15) is 4.79 Å². The summed E-state index contributed by atoms with van der Waals surface area (Å²) < 4.78 is 0. The number of carbonyl (C=O) groups excluding carboxylic acids is 1. The van der Waals surface area contributed by atoms with Gasteiger partial charge in [0.25, 0.3) is 0 Å². The molecule has 0 spiro atoms. The molecule has 1 amide bonds. The van der Waals surface area contributed by atoms with Gasteiger partial charge >= 0.3 is 0 Å². The molecule has 0 saturated carbocycles. The molecule has 1 aliphatic heterocycles. The van der Waals surface area contributed by atoms with Gasteiger partial charge in [0, 0.05) is 13.1 Å². The second-order valence-corrected chi connectivity index (χ2v) is 3.75. The van der Waals surface area contributed by atoms with E-state index in [1.807, 2.05) is 11.9 Å². The summed E-state index contributed by atoms with van der Waals surface area (Å²) >= 11 is 0. The lowest BCUT2D eigenvalue weighted by Crippen LogP contribution is -2.58. The third-order valence-corrected chi connectivity index (χ3v) is 3.07. The van der Waals surface area contributed by atoms with Gasteiger partial charge in [-0.3, -0.25) is 4.79 Å². The minimum atomic E-state index is 0.347. The molecule has 2 aliphatic rings. The van der Waals surface area contributed by atoms with Gasteiger partial charge in [-0.25, -0.2) is 0 Å². The van der Waals surface area contributed by atoms with Crippen LogP contribution in [0.15, 0.2) is 12.2 Å². The second-order valence-electron chi connectivity index (χ2n) is 3.75. The maximum Gasteiger partial charge on any atom is 0.227 e. The monoisotopic (exact) mass is 165 g/mol. The molecule has 1 aliphatic carbocycles. The number of nitrogens with zero attached hydrogens (tertiary/aromatic N) is 1. The molecular formula is C10H15NO. The molecule has 0 aromatic rings. The molecule has 1 fully saturated rings. The Morgan fingerprint density at radius 2 is 2.00 bits per heavy atom. The standard InChI is InChI=1S/C10H15NO/c1-11-9-7-5-3-2-4-6-8(9)10(11)12/h2-3,8-9H,4-7H2,1H3/t8-,9+/m1/s1. The molecule has 2 atom stereocenters. The first-order chi connectivity index (χ1) is 5.80. The van der Waals surface area contributed by atoms with Gasteiger partial charge in [-0.15, -0.1) is 0 Å². The zero-order chi connectivity index (χ0) is 8.55. The fraction of sp³-hybridized carbons (Fsp3) is 0.700. The van der Waals surface area contributed by atoms with E-state index in [2.05, 4.69) is 12.2 Å². The summed E-state index contributed by atoms with van der Waals surface area (Å²) in [5.74, 6) is 0.704. The number of rotatable bonds is 0. The molecule has 0 bridgehead atoms. The van der Waals surface area contributed by atoms with Crippen LogP contribution in [0.2, 0.25) is 0 Å². The molecule has 0 aromatic heterocycles. The highest BCUT2D eigenvalue weighted by Crippen LogP contribution is 2.33. The van der Waals surface area contributed by atoms with Crippen molar-refractivity contribution < 1.29 is 4.79 Å². The maximum absolute atomic E-state index is 11.4. The molecule has 1 saturated heterocycles. The fourth-order valence-corrected chi connectivity index (χ4v) is 2.27. The van der Waals surface area contributed by atoms with Crippen LogP contribution in [0, 0.1) is 5.92 Å². The van der Waals surface area contributed by atoms with E-state index in [1.54, 1.807) is 0 Å². The van der Waals surface area contributed by atoms with Crippen molar-refractivity contribution in [2.24, 2.45) is 5.92 Å². The van der Waals surface area contributed by atoms with Crippen LogP contribution in [-0.2, 0) is 4.79 Å². The lowest BCUT2D eigenvalue weighted by Gasteiger charge is -2.45. The van der Waals surface area contributed by atoms with E-state index >= 15 is 0 Å². The van der Waals surface area contributed by atoms with E-state index < -0.39 is 0 Å². The highest BCUT2D eigenvalue weighted by molar-refractivity contribution is 5.85. The summed E-state index contributed by atoms with van der Waals surface area (Å²) in [6, 6.07) is 0.544. The minimum Gasteiger partial charge on any atom is -0.342 e. The van der Waals surface area contributed by atoms with Gasteiger partial charge < -0.3 is 4.90 Å². The molecule has 0 N–H and O–H groups in total. The summed E-state index contributed by atoms with van der Waals surface area (Å²) in [5, 5.41) is 0. The van der Waals surface area contributed by atoms with Crippen LogP contribution in [0.25, 0.3) is 0 Å². The first-order valence-corrected chi connectivity index (χ1v) is 4.72. The zero-order valence-electron chi connectivity index (χ0n) is 7.49. The van der Waals surface area contributed by atoms with E-state index in [0.29, 0.717) is 17.9 Å². The predicted octanol–water partition coefficient (Wildman–Crippen LogP) is 1.57. The molecule has 12 heavy (non-hydrogen) atoms. The lowest BCUT2D eigenvalue weighted by molar-refractivity contribution is -0.154. The van der Waals surface area contributed by atoms with Gasteiger partial charge in [0.15, 0.2) is 0 Å². The molecule has 1 heterocycles. The average Bonchev–Trinajstić information content (AvgIpc) is 2.04. The van der Waals surface area contributed by atoms with Crippen molar-refractivity contribution in [3.63, 3.8) is 0 Å².